The van der Waals surface area contributed by atoms with Crippen molar-refractivity contribution in [3.05, 3.63) is 23.8 Å². The Morgan fingerprint density at radius 3 is 2.81 bits per heavy atom. The SMILES string of the molecule is CC(C)(CCC(=O)O)NS(=O)(=O)c1cccc2c1OCC2. The number of sulfonamides is 1. The van der Waals surface area contributed by atoms with Gasteiger partial charge in [0.15, 0.2) is 0 Å². The van der Waals surface area contributed by atoms with Crippen molar-refractivity contribution < 1.29 is 23.1 Å². The number of rotatable bonds is 6. The Kier molecular flexibility index (Phi) is 4.25. The van der Waals surface area contributed by atoms with Crippen LogP contribution in [0, 0.1) is 0 Å². The van der Waals surface area contributed by atoms with Crippen LogP contribution >= 0.6 is 0 Å². The third kappa shape index (κ3) is 3.74. The summed E-state index contributed by atoms with van der Waals surface area (Å²) in [6, 6.07) is 5.03. The molecule has 0 atom stereocenters. The van der Waals surface area contributed by atoms with Crippen LogP contribution in [0.3, 0.4) is 0 Å². The largest absolute Gasteiger partial charge is 0.492 e. The van der Waals surface area contributed by atoms with Crippen LogP contribution in [-0.2, 0) is 21.2 Å². The standard InChI is InChI=1S/C14H19NO5S/c1-14(2,8-6-12(16)17)15-21(18,19)11-5-3-4-10-7-9-20-13(10)11/h3-5,15H,6-9H2,1-2H3,(H,16,17). The lowest BCUT2D eigenvalue weighted by atomic mass is 10.0. The fourth-order valence-corrected chi connectivity index (χ4v) is 3.92. The van der Waals surface area contributed by atoms with Crippen LogP contribution in [0.15, 0.2) is 23.1 Å². The molecule has 7 heteroatoms. The van der Waals surface area contributed by atoms with Crippen LogP contribution in [-0.4, -0.2) is 31.6 Å². The second-order valence-electron chi connectivity index (χ2n) is 5.73. The number of hydrogen-bond acceptors (Lipinski definition) is 4. The van der Waals surface area contributed by atoms with E-state index < -0.39 is 21.5 Å². The highest BCUT2D eigenvalue weighted by atomic mass is 32.2. The van der Waals surface area contributed by atoms with Crippen molar-refractivity contribution in [2.45, 2.75) is 43.5 Å². The number of benzene rings is 1. The molecule has 1 heterocycles. The smallest absolute Gasteiger partial charge is 0.303 e. The van der Waals surface area contributed by atoms with Crippen LogP contribution < -0.4 is 9.46 Å². The first kappa shape index (κ1) is 15.8. The Labute approximate surface area is 124 Å². The van der Waals surface area contributed by atoms with Gasteiger partial charge in [-0.15, -0.1) is 0 Å². The van der Waals surface area contributed by atoms with Gasteiger partial charge in [0.2, 0.25) is 10.0 Å². The lowest BCUT2D eigenvalue weighted by Gasteiger charge is -2.25. The topological polar surface area (TPSA) is 92.7 Å². The summed E-state index contributed by atoms with van der Waals surface area (Å²) in [4.78, 5) is 10.7. The predicted molar refractivity (Wildman–Crippen MR) is 76.9 cm³/mol. The average molecular weight is 313 g/mol. The molecule has 0 bridgehead atoms. The summed E-state index contributed by atoms with van der Waals surface area (Å²) >= 11 is 0. The molecule has 0 unspecified atom stereocenters. The first-order valence-electron chi connectivity index (χ1n) is 6.72. The molecule has 2 rings (SSSR count). The van der Waals surface area contributed by atoms with Gasteiger partial charge in [-0.1, -0.05) is 12.1 Å². The Hall–Kier alpha value is -1.60. The monoisotopic (exact) mass is 313 g/mol. The van der Waals surface area contributed by atoms with Crippen molar-refractivity contribution >= 4 is 16.0 Å². The number of para-hydroxylation sites is 1. The molecule has 0 saturated carbocycles. The molecule has 116 valence electrons. The summed E-state index contributed by atoms with van der Waals surface area (Å²) in [5, 5.41) is 8.72. The van der Waals surface area contributed by atoms with E-state index in [0.29, 0.717) is 18.8 Å². The lowest BCUT2D eigenvalue weighted by Crippen LogP contribution is -2.43. The van der Waals surface area contributed by atoms with E-state index in [1.54, 1.807) is 19.9 Å². The molecule has 0 spiro atoms. The van der Waals surface area contributed by atoms with Gasteiger partial charge in [0.25, 0.3) is 0 Å². The molecular weight excluding hydrogens is 294 g/mol. The van der Waals surface area contributed by atoms with E-state index in [1.807, 2.05) is 6.07 Å². The highest BCUT2D eigenvalue weighted by molar-refractivity contribution is 7.89. The Bertz CT molecular complexity index is 651. The lowest BCUT2D eigenvalue weighted by molar-refractivity contribution is -0.137. The Morgan fingerprint density at radius 1 is 1.43 bits per heavy atom. The number of carboxylic acids is 1. The van der Waals surface area contributed by atoms with E-state index in [0.717, 1.165) is 5.56 Å². The van der Waals surface area contributed by atoms with Crippen molar-refractivity contribution in [3.63, 3.8) is 0 Å². The van der Waals surface area contributed by atoms with Crippen molar-refractivity contribution in [1.82, 2.24) is 4.72 Å². The third-order valence-corrected chi connectivity index (χ3v) is 5.06. The molecule has 0 saturated heterocycles. The number of carboxylic acid groups (broad SMARTS) is 1. The quantitative estimate of drug-likeness (QED) is 0.831. The second kappa shape index (κ2) is 5.65. The zero-order valence-electron chi connectivity index (χ0n) is 12.0. The minimum atomic E-state index is -3.76. The van der Waals surface area contributed by atoms with E-state index in [-0.39, 0.29) is 17.7 Å². The molecule has 0 amide bonds. The van der Waals surface area contributed by atoms with E-state index in [2.05, 4.69) is 4.72 Å². The maximum absolute atomic E-state index is 12.5. The van der Waals surface area contributed by atoms with Crippen molar-refractivity contribution in [1.29, 1.82) is 0 Å². The zero-order valence-corrected chi connectivity index (χ0v) is 12.9. The predicted octanol–water partition coefficient (Wildman–Crippen LogP) is 1.54. The number of ether oxygens (including phenoxy) is 1. The van der Waals surface area contributed by atoms with Gasteiger partial charge in [-0.3, -0.25) is 4.79 Å². The molecule has 1 aliphatic rings. The van der Waals surface area contributed by atoms with Gasteiger partial charge < -0.3 is 9.84 Å². The maximum atomic E-state index is 12.5. The minimum absolute atomic E-state index is 0.0983. The highest BCUT2D eigenvalue weighted by Crippen LogP contribution is 2.33. The normalized spacial score (nSPS) is 14.6. The second-order valence-corrected chi connectivity index (χ2v) is 7.38. The van der Waals surface area contributed by atoms with E-state index in [1.165, 1.54) is 6.07 Å². The minimum Gasteiger partial charge on any atom is -0.492 e. The molecule has 0 aliphatic carbocycles. The highest BCUT2D eigenvalue weighted by Gasteiger charge is 2.30. The van der Waals surface area contributed by atoms with E-state index in [4.69, 9.17) is 9.84 Å². The summed E-state index contributed by atoms with van der Waals surface area (Å²) in [7, 11) is -3.76. The molecular formula is C14H19NO5S. The molecule has 0 fully saturated rings. The van der Waals surface area contributed by atoms with Gasteiger partial charge >= 0.3 is 5.97 Å². The molecule has 2 N–H and O–H groups in total. The van der Waals surface area contributed by atoms with Crippen molar-refractivity contribution in [2.24, 2.45) is 0 Å². The Morgan fingerprint density at radius 2 is 2.14 bits per heavy atom. The average Bonchev–Trinajstić information content (AvgIpc) is 2.83. The van der Waals surface area contributed by atoms with Crippen molar-refractivity contribution in [2.75, 3.05) is 6.61 Å². The third-order valence-electron chi connectivity index (χ3n) is 3.34. The fourth-order valence-electron chi connectivity index (χ4n) is 2.29. The van der Waals surface area contributed by atoms with E-state index in [9.17, 15) is 13.2 Å². The van der Waals surface area contributed by atoms with Crippen LogP contribution in [0.5, 0.6) is 5.75 Å². The maximum Gasteiger partial charge on any atom is 0.303 e. The van der Waals surface area contributed by atoms with Crippen LogP contribution in [0.25, 0.3) is 0 Å². The number of hydrogen-bond donors (Lipinski definition) is 2. The summed E-state index contributed by atoms with van der Waals surface area (Å²) in [5.74, 6) is -0.551. The van der Waals surface area contributed by atoms with E-state index >= 15 is 0 Å². The summed E-state index contributed by atoms with van der Waals surface area (Å²) in [6.07, 6.45) is 0.803. The molecule has 21 heavy (non-hydrogen) atoms. The summed E-state index contributed by atoms with van der Waals surface area (Å²) in [6.45, 7) is 3.80. The van der Waals surface area contributed by atoms with Gasteiger partial charge in [0.1, 0.15) is 10.6 Å². The van der Waals surface area contributed by atoms with Crippen LogP contribution in [0.2, 0.25) is 0 Å². The summed E-state index contributed by atoms with van der Waals surface area (Å²) < 4.78 is 33.0. The number of carbonyl (C=O) groups is 1. The molecule has 1 aliphatic heterocycles. The van der Waals surface area contributed by atoms with Gasteiger partial charge in [0.05, 0.1) is 6.61 Å². The Balaban J connectivity index is 2.23. The van der Waals surface area contributed by atoms with Gasteiger partial charge in [-0.25, -0.2) is 13.1 Å². The molecule has 1 aromatic rings. The number of aliphatic carboxylic acids is 1. The molecule has 6 nitrogen and oxygen atoms in total. The first-order chi connectivity index (χ1) is 9.71. The number of fused-ring (bicyclic) bond motifs is 1. The fraction of sp³-hybridized carbons (Fsp3) is 0.500. The zero-order chi connectivity index (χ0) is 15.7. The van der Waals surface area contributed by atoms with Crippen LogP contribution in [0.1, 0.15) is 32.3 Å². The first-order valence-corrected chi connectivity index (χ1v) is 8.20. The molecule has 0 radical (unpaired) electrons. The molecule has 0 aromatic heterocycles. The van der Waals surface area contributed by atoms with Gasteiger partial charge in [0, 0.05) is 18.4 Å². The summed E-state index contributed by atoms with van der Waals surface area (Å²) in [5.41, 5.74) is 0.0275. The number of nitrogens with one attached hydrogen (secondary N) is 1. The van der Waals surface area contributed by atoms with Gasteiger partial charge in [-0.05, 0) is 31.9 Å². The molecule has 1 aromatic carbocycles. The van der Waals surface area contributed by atoms with Gasteiger partial charge in [-0.2, -0.15) is 0 Å². The van der Waals surface area contributed by atoms with Crippen LogP contribution in [0.4, 0.5) is 0 Å². The van der Waals surface area contributed by atoms with Crippen molar-refractivity contribution in [3.8, 4) is 5.75 Å².